The quantitative estimate of drug-likeness (QED) is 0.656. The number of anilines is 2. The van der Waals surface area contributed by atoms with Crippen molar-refractivity contribution < 1.29 is 9.59 Å². The van der Waals surface area contributed by atoms with Crippen molar-refractivity contribution in [2.24, 2.45) is 5.92 Å². The van der Waals surface area contributed by atoms with Crippen LogP contribution in [0.25, 0.3) is 0 Å². The second-order valence-electron chi connectivity index (χ2n) is 7.86. The van der Waals surface area contributed by atoms with Crippen molar-refractivity contribution in [3.8, 4) is 0 Å². The van der Waals surface area contributed by atoms with E-state index in [4.69, 9.17) is 0 Å². The van der Waals surface area contributed by atoms with E-state index in [0.29, 0.717) is 12.3 Å². The Morgan fingerprint density at radius 2 is 2.07 bits per heavy atom. The number of amides is 2. The van der Waals surface area contributed by atoms with Crippen LogP contribution in [0.2, 0.25) is 0 Å². The van der Waals surface area contributed by atoms with Gasteiger partial charge < -0.3 is 20.9 Å². The van der Waals surface area contributed by atoms with Gasteiger partial charge in [0.25, 0.3) is 0 Å². The summed E-state index contributed by atoms with van der Waals surface area (Å²) in [6.45, 7) is 6.12. The van der Waals surface area contributed by atoms with Gasteiger partial charge in [-0.1, -0.05) is 6.07 Å². The average Bonchev–Trinajstić information content (AvgIpc) is 3.34. The zero-order valence-corrected chi connectivity index (χ0v) is 16.3. The van der Waals surface area contributed by atoms with E-state index in [1.54, 1.807) is 0 Å². The summed E-state index contributed by atoms with van der Waals surface area (Å²) in [5.41, 5.74) is 1.98. The lowest BCUT2D eigenvalue weighted by atomic mass is 10.0. The van der Waals surface area contributed by atoms with E-state index in [9.17, 15) is 9.59 Å². The molecule has 0 aromatic heterocycles. The number of rotatable bonds is 8. The van der Waals surface area contributed by atoms with Crippen molar-refractivity contribution in [1.29, 1.82) is 0 Å². The Balaban J connectivity index is 1.40. The highest BCUT2D eigenvalue weighted by molar-refractivity contribution is 5.92. The monoisotopic (exact) mass is 372 g/mol. The zero-order valence-electron chi connectivity index (χ0n) is 16.3. The molecule has 1 aromatic carbocycles. The number of hydrogen-bond donors (Lipinski definition) is 3. The van der Waals surface area contributed by atoms with Gasteiger partial charge in [0.05, 0.1) is 0 Å². The molecule has 2 unspecified atom stereocenters. The Hall–Kier alpha value is -2.08. The topological polar surface area (TPSA) is 73.5 Å². The molecule has 6 nitrogen and oxygen atoms in total. The van der Waals surface area contributed by atoms with Crippen LogP contribution in [0.5, 0.6) is 0 Å². The Bertz CT molecular complexity index is 637. The molecule has 2 heterocycles. The third-order valence-electron chi connectivity index (χ3n) is 5.44. The van der Waals surface area contributed by atoms with Gasteiger partial charge in [-0.2, -0.15) is 0 Å². The van der Waals surface area contributed by atoms with Gasteiger partial charge in [-0.15, -0.1) is 0 Å². The first-order valence-corrected chi connectivity index (χ1v) is 10.2. The standard InChI is InChI=1S/C21H32N4O2/c1-16(23-20(26)8-7-17-9-10-22-15-17)13-21(27)24-18-5-4-6-19(14-18)25-11-2-3-12-25/h4-6,14,16-17,22H,2-3,7-13,15H2,1H3,(H,23,26)(H,24,27). The van der Waals surface area contributed by atoms with Crippen LogP contribution >= 0.6 is 0 Å². The maximum Gasteiger partial charge on any atom is 0.226 e. The number of nitrogens with one attached hydrogen (secondary N) is 3. The second kappa shape index (κ2) is 9.74. The normalized spacial score (nSPS) is 20.5. The minimum absolute atomic E-state index is 0.0400. The van der Waals surface area contributed by atoms with E-state index < -0.39 is 0 Å². The summed E-state index contributed by atoms with van der Waals surface area (Å²) < 4.78 is 0. The fourth-order valence-electron chi connectivity index (χ4n) is 3.94. The summed E-state index contributed by atoms with van der Waals surface area (Å²) in [4.78, 5) is 26.7. The number of carbonyl (C=O) groups is 2. The molecular weight excluding hydrogens is 340 g/mol. The highest BCUT2D eigenvalue weighted by Crippen LogP contribution is 2.23. The van der Waals surface area contributed by atoms with E-state index in [2.05, 4.69) is 26.9 Å². The first kappa shape index (κ1) is 19.7. The highest BCUT2D eigenvalue weighted by Gasteiger charge is 2.18. The molecule has 148 valence electrons. The van der Waals surface area contributed by atoms with Crippen LogP contribution < -0.4 is 20.9 Å². The Labute approximate surface area is 162 Å². The molecule has 3 rings (SSSR count). The van der Waals surface area contributed by atoms with Gasteiger partial charge in [0.2, 0.25) is 11.8 Å². The molecule has 2 atom stereocenters. The van der Waals surface area contributed by atoms with Gasteiger partial charge in [0.1, 0.15) is 0 Å². The molecule has 2 aliphatic rings. The first-order valence-electron chi connectivity index (χ1n) is 10.2. The van der Waals surface area contributed by atoms with E-state index in [1.807, 2.05) is 25.1 Å². The van der Waals surface area contributed by atoms with Gasteiger partial charge in [-0.25, -0.2) is 0 Å². The summed E-state index contributed by atoms with van der Waals surface area (Å²) >= 11 is 0. The van der Waals surface area contributed by atoms with Gasteiger partial charge >= 0.3 is 0 Å². The van der Waals surface area contributed by atoms with Gasteiger partial charge in [0, 0.05) is 43.3 Å². The molecule has 0 saturated carbocycles. The molecule has 0 aliphatic carbocycles. The third kappa shape index (κ3) is 6.24. The van der Waals surface area contributed by atoms with Crippen LogP contribution in [0.3, 0.4) is 0 Å². The minimum atomic E-state index is -0.166. The van der Waals surface area contributed by atoms with Crippen molar-refractivity contribution in [2.45, 2.75) is 51.5 Å². The lowest BCUT2D eigenvalue weighted by Gasteiger charge is -2.19. The molecule has 0 radical (unpaired) electrons. The lowest BCUT2D eigenvalue weighted by Crippen LogP contribution is -2.35. The summed E-state index contributed by atoms with van der Waals surface area (Å²) in [5, 5.41) is 9.23. The van der Waals surface area contributed by atoms with Crippen LogP contribution in [0.15, 0.2) is 24.3 Å². The van der Waals surface area contributed by atoms with Gasteiger partial charge in [-0.3, -0.25) is 9.59 Å². The van der Waals surface area contributed by atoms with E-state index in [-0.39, 0.29) is 24.3 Å². The fraction of sp³-hybridized carbons (Fsp3) is 0.619. The smallest absolute Gasteiger partial charge is 0.226 e. The predicted molar refractivity (Wildman–Crippen MR) is 109 cm³/mol. The molecule has 2 amide bonds. The van der Waals surface area contributed by atoms with Gasteiger partial charge in [0.15, 0.2) is 0 Å². The Morgan fingerprint density at radius 1 is 1.26 bits per heavy atom. The van der Waals surface area contributed by atoms with Gasteiger partial charge in [-0.05, 0) is 69.8 Å². The first-order chi connectivity index (χ1) is 13.1. The van der Waals surface area contributed by atoms with E-state index in [0.717, 1.165) is 50.4 Å². The Kier molecular flexibility index (Phi) is 7.10. The number of benzene rings is 1. The number of carbonyl (C=O) groups excluding carboxylic acids is 2. The van der Waals surface area contributed by atoms with Crippen molar-refractivity contribution in [1.82, 2.24) is 10.6 Å². The van der Waals surface area contributed by atoms with Crippen LogP contribution in [0, 0.1) is 5.92 Å². The summed E-state index contributed by atoms with van der Waals surface area (Å²) in [6, 6.07) is 7.84. The molecule has 2 fully saturated rings. The highest BCUT2D eigenvalue weighted by atomic mass is 16.2. The fourth-order valence-corrected chi connectivity index (χ4v) is 3.94. The summed E-state index contributed by atoms with van der Waals surface area (Å²) in [7, 11) is 0. The molecule has 0 bridgehead atoms. The predicted octanol–water partition coefficient (Wildman–Crippen LogP) is 2.51. The molecule has 2 saturated heterocycles. The molecule has 1 aromatic rings. The summed E-state index contributed by atoms with van der Waals surface area (Å²) in [5.74, 6) is 0.580. The maximum absolute atomic E-state index is 12.3. The third-order valence-corrected chi connectivity index (χ3v) is 5.44. The molecule has 6 heteroatoms. The van der Waals surface area contributed by atoms with Crippen LogP contribution in [0.4, 0.5) is 11.4 Å². The molecule has 2 aliphatic heterocycles. The number of hydrogen-bond acceptors (Lipinski definition) is 4. The van der Waals surface area contributed by atoms with Crippen molar-refractivity contribution >= 4 is 23.2 Å². The molecule has 27 heavy (non-hydrogen) atoms. The zero-order chi connectivity index (χ0) is 19.1. The van der Waals surface area contributed by atoms with E-state index in [1.165, 1.54) is 12.8 Å². The summed E-state index contributed by atoms with van der Waals surface area (Å²) in [6.07, 6.45) is 5.35. The van der Waals surface area contributed by atoms with Crippen LogP contribution in [0.1, 0.15) is 45.4 Å². The second-order valence-corrected chi connectivity index (χ2v) is 7.86. The Morgan fingerprint density at radius 3 is 2.81 bits per heavy atom. The minimum Gasteiger partial charge on any atom is -0.371 e. The SMILES string of the molecule is CC(CC(=O)Nc1cccc(N2CCCC2)c1)NC(=O)CCC1CCNC1. The molecule has 0 spiro atoms. The molecular formula is C21H32N4O2. The van der Waals surface area contributed by atoms with Crippen molar-refractivity contribution in [3.63, 3.8) is 0 Å². The molecule has 3 N–H and O–H groups in total. The van der Waals surface area contributed by atoms with E-state index >= 15 is 0 Å². The lowest BCUT2D eigenvalue weighted by molar-refractivity contribution is -0.122. The van der Waals surface area contributed by atoms with Crippen LogP contribution in [-0.4, -0.2) is 44.0 Å². The largest absolute Gasteiger partial charge is 0.371 e. The average molecular weight is 373 g/mol. The number of nitrogens with zero attached hydrogens (tertiary/aromatic N) is 1. The maximum atomic E-state index is 12.3. The van der Waals surface area contributed by atoms with Crippen molar-refractivity contribution in [2.75, 3.05) is 36.4 Å². The van der Waals surface area contributed by atoms with Crippen LogP contribution in [-0.2, 0) is 9.59 Å². The van der Waals surface area contributed by atoms with Crippen molar-refractivity contribution in [3.05, 3.63) is 24.3 Å².